The number of amides is 1. The molecule has 0 radical (unpaired) electrons. The number of nitrogens with one attached hydrogen (secondary N) is 2. The van der Waals surface area contributed by atoms with Gasteiger partial charge in [-0.05, 0) is 30.5 Å². The van der Waals surface area contributed by atoms with E-state index >= 15 is 0 Å². The molecule has 1 aromatic carbocycles. The zero-order valence-corrected chi connectivity index (χ0v) is 12.9. The summed E-state index contributed by atoms with van der Waals surface area (Å²) in [5.41, 5.74) is 0.981. The second kappa shape index (κ2) is 7.73. The molecule has 1 aliphatic heterocycles. The molecule has 4 nitrogen and oxygen atoms in total. The molecule has 0 aliphatic carbocycles. The number of halogens is 2. The highest BCUT2D eigenvalue weighted by molar-refractivity contribution is 6.30. The highest BCUT2D eigenvalue weighted by Crippen LogP contribution is 2.17. The lowest BCUT2D eigenvalue weighted by molar-refractivity contribution is -0.122. The first-order valence-corrected chi connectivity index (χ1v) is 7.56. The van der Waals surface area contributed by atoms with Gasteiger partial charge < -0.3 is 10.6 Å². The topological polar surface area (TPSA) is 44.4 Å². The molecule has 1 fully saturated rings. The second-order valence-electron chi connectivity index (χ2n) is 5.35. The molecule has 0 aromatic heterocycles. The van der Waals surface area contributed by atoms with Gasteiger partial charge in [0, 0.05) is 32.7 Å². The summed E-state index contributed by atoms with van der Waals surface area (Å²) >= 11 is 5.77. The van der Waals surface area contributed by atoms with Crippen molar-refractivity contribution in [3.63, 3.8) is 0 Å². The lowest BCUT2D eigenvalue weighted by Gasteiger charge is -2.31. The molecular formula is C15H21ClFN3O. The fourth-order valence-electron chi connectivity index (χ4n) is 2.49. The SMILES string of the molecule is CNC(=O)CN1CCC(NCc2ccc(F)c(Cl)c2)CC1. The van der Waals surface area contributed by atoms with Gasteiger partial charge in [-0.3, -0.25) is 9.69 Å². The number of likely N-dealkylation sites (N-methyl/N-ethyl adjacent to an activating group) is 1. The molecule has 0 spiro atoms. The Hall–Kier alpha value is -1.17. The van der Waals surface area contributed by atoms with Crippen LogP contribution in [0.15, 0.2) is 18.2 Å². The third-order valence-corrected chi connectivity index (χ3v) is 4.10. The van der Waals surface area contributed by atoms with Crippen molar-refractivity contribution in [2.75, 3.05) is 26.7 Å². The molecule has 0 unspecified atom stereocenters. The summed E-state index contributed by atoms with van der Waals surface area (Å²) in [4.78, 5) is 13.5. The van der Waals surface area contributed by atoms with Crippen LogP contribution in [-0.2, 0) is 11.3 Å². The number of nitrogens with zero attached hydrogens (tertiary/aromatic N) is 1. The van der Waals surface area contributed by atoms with Gasteiger partial charge in [-0.2, -0.15) is 0 Å². The van der Waals surface area contributed by atoms with Gasteiger partial charge in [0.1, 0.15) is 5.82 Å². The van der Waals surface area contributed by atoms with Crippen molar-refractivity contribution in [2.45, 2.75) is 25.4 Å². The molecular weight excluding hydrogens is 293 g/mol. The Kier molecular flexibility index (Phi) is 5.96. The highest BCUT2D eigenvalue weighted by Gasteiger charge is 2.20. The quantitative estimate of drug-likeness (QED) is 0.871. The molecule has 6 heteroatoms. The Labute approximate surface area is 129 Å². The molecule has 1 heterocycles. The number of rotatable bonds is 5. The maximum absolute atomic E-state index is 13.1. The summed E-state index contributed by atoms with van der Waals surface area (Å²) in [6.45, 7) is 2.97. The monoisotopic (exact) mass is 313 g/mol. The van der Waals surface area contributed by atoms with Crippen molar-refractivity contribution < 1.29 is 9.18 Å². The van der Waals surface area contributed by atoms with E-state index in [2.05, 4.69) is 15.5 Å². The summed E-state index contributed by atoms with van der Waals surface area (Å²) < 4.78 is 13.1. The normalized spacial score (nSPS) is 16.9. The summed E-state index contributed by atoms with van der Waals surface area (Å²) in [6.07, 6.45) is 2.01. The number of carbonyl (C=O) groups excluding carboxylic acids is 1. The van der Waals surface area contributed by atoms with E-state index in [9.17, 15) is 9.18 Å². The van der Waals surface area contributed by atoms with E-state index in [-0.39, 0.29) is 16.7 Å². The van der Waals surface area contributed by atoms with Crippen molar-refractivity contribution in [3.8, 4) is 0 Å². The standard InChI is InChI=1S/C15H21ClFN3O/c1-18-15(21)10-20-6-4-12(5-7-20)19-9-11-2-3-14(17)13(16)8-11/h2-3,8,12,19H,4-7,9-10H2,1H3,(H,18,21). The average molecular weight is 314 g/mol. The lowest BCUT2D eigenvalue weighted by atomic mass is 10.0. The lowest BCUT2D eigenvalue weighted by Crippen LogP contribution is -2.45. The van der Waals surface area contributed by atoms with E-state index in [1.54, 1.807) is 19.2 Å². The van der Waals surface area contributed by atoms with Crippen LogP contribution in [0.25, 0.3) is 0 Å². The average Bonchev–Trinajstić information content (AvgIpc) is 2.50. The van der Waals surface area contributed by atoms with Crippen LogP contribution in [-0.4, -0.2) is 43.5 Å². The van der Waals surface area contributed by atoms with Crippen LogP contribution < -0.4 is 10.6 Å². The molecule has 2 N–H and O–H groups in total. The third kappa shape index (κ3) is 4.95. The van der Waals surface area contributed by atoms with Gasteiger partial charge in [-0.1, -0.05) is 17.7 Å². The van der Waals surface area contributed by atoms with Gasteiger partial charge >= 0.3 is 0 Å². The van der Waals surface area contributed by atoms with Crippen LogP contribution in [0.5, 0.6) is 0 Å². The minimum absolute atomic E-state index is 0.0577. The van der Waals surface area contributed by atoms with Gasteiger partial charge in [0.15, 0.2) is 0 Å². The fraction of sp³-hybridized carbons (Fsp3) is 0.533. The van der Waals surface area contributed by atoms with Crippen molar-refractivity contribution in [2.24, 2.45) is 0 Å². The number of benzene rings is 1. The third-order valence-electron chi connectivity index (χ3n) is 3.81. The smallest absolute Gasteiger partial charge is 0.233 e. The van der Waals surface area contributed by atoms with Crippen LogP contribution in [0.3, 0.4) is 0 Å². The summed E-state index contributed by atoms with van der Waals surface area (Å²) in [5, 5.41) is 6.27. The molecule has 1 amide bonds. The molecule has 116 valence electrons. The maximum atomic E-state index is 13.1. The van der Waals surface area contributed by atoms with Crippen molar-refractivity contribution >= 4 is 17.5 Å². The van der Waals surface area contributed by atoms with E-state index in [4.69, 9.17) is 11.6 Å². The molecule has 1 aliphatic rings. The summed E-state index contributed by atoms with van der Waals surface area (Å²) in [6, 6.07) is 5.22. The zero-order valence-electron chi connectivity index (χ0n) is 12.2. The molecule has 1 aromatic rings. The van der Waals surface area contributed by atoms with Crippen molar-refractivity contribution in [1.82, 2.24) is 15.5 Å². The Bertz CT molecular complexity index is 490. The van der Waals surface area contributed by atoms with E-state index in [1.165, 1.54) is 6.07 Å². The van der Waals surface area contributed by atoms with Crippen LogP contribution in [0.4, 0.5) is 4.39 Å². The fourth-order valence-corrected chi connectivity index (χ4v) is 2.69. The molecule has 0 saturated carbocycles. The van der Waals surface area contributed by atoms with E-state index in [0.29, 0.717) is 19.1 Å². The second-order valence-corrected chi connectivity index (χ2v) is 5.76. The first-order valence-electron chi connectivity index (χ1n) is 7.18. The number of hydrogen-bond donors (Lipinski definition) is 2. The van der Waals surface area contributed by atoms with Crippen LogP contribution in [0.2, 0.25) is 5.02 Å². The van der Waals surface area contributed by atoms with Crippen molar-refractivity contribution in [3.05, 3.63) is 34.6 Å². The van der Waals surface area contributed by atoms with Gasteiger partial charge in [-0.15, -0.1) is 0 Å². The largest absolute Gasteiger partial charge is 0.358 e. The molecule has 1 saturated heterocycles. The Balaban J connectivity index is 1.73. The minimum atomic E-state index is -0.386. The van der Waals surface area contributed by atoms with Gasteiger partial charge in [0.25, 0.3) is 0 Å². The summed E-state index contributed by atoms with van der Waals surface area (Å²) in [5.74, 6) is -0.328. The molecule has 0 atom stereocenters. The van der Waals surface area contributed by atoms with Crippen LogP contribution in [0.1, 0.15) is 18.4 Å². The Morgan fingerprint density at radius 1 is 1.43 bits per heavy atom. The van der Waals surface area contributed by atoms with Crippen LogP contribution >= 0.6 is 11.6 Å². The Morgan fingerprint density at radius 2 is 2.14 bits per heavy atom. The first-order chi connectivity index (χ1) is 10.1. The van der Waals surface area contributed by atoms with Gasteiger partial charge in [-0.25, -0.2) is 4.39 Å². The van der Waals surface area contributed by atoms with E-state index in [1.807, 2.05) is 0 Å². The van der Waals surface area contributed by atoms with E-state index in [0.717, 1.165) is 31.5 Å². The predicted octanol–water partition coefficient (Wildman–Crippen LogP) is 1.78. The van der Waals surface area contributed by atoms with Crippen LogP contribution in [0, 0.1) is 5.82 Å². The number of hydrogen-bond acceptors (Lipinski definition) is 3. The highest BCUT2D eigenvalue weighted by atomic mass is 35.5. The van der Waals surface area contributed by atoms with Gasteiger partial charge in [0.2, 0.25) is 5.91 Å². The predicted molar refractivity (Wildman–Crippen MR) is 81.8 cm³/mol. The Morgan fingerprint density at radius 3 is 2.76 bits per heavy atom. The number of piperidine rings is 1. The minimum Gasteiger partial charge on any atom is -0.358 e. The molecule has 2 rings (SSSR count). The summed E-state index contributed by atoms with van der Waals surface area (Å²) in [7, 11) is 1.66. The molecule has 0 bridgehead atoms. The number of likely N-dealkylation sites (tertiary alicyclic amines) is 1. The maximum Gasteiger partial charge on any atom is 0.233 e. The van der Waals surface area contributed by atoms with Gasteiger partial charge in [0.05, 0.1) is 11.6 Å². The zero-order chi connectivity index (χ0) is 15.2. The van der Waals surface area contributed by atoms with E-state index < -0.39 is 0 Å². The first kappa shape index (κ1) is 16.2. The molecule has 21 heavy (non-hydrogen) atoms. The number of carbonyl (C=O) groups is 1. The van der Waals surface area contributed by atoms with Crippen molar-refractivity contribution in [1.29, 1.82) is 0 Å².